The van der Waals surface area contributed by atoms with Gasteiger partial charge in [-0.05, 0) is 48.8 Å². The number of anilines is 1. The molecule has 2 aromatic rings. The van der Waals surface area contributed by atoms with E-state index in [1.54, 1.807) is 0 Å². The van der Waals surface area contributed by atoms with Crippen molar-refractivity contribution < 1.29 is 0 Å². The van der Waals surface area contributed by atoms with Crippen molar-refractivity contribution in [2.24, 2.45) is 0 Å². The van der Waals surface area contributed by atoms with Gasteiger partial charge < -0.3 is 5.32 Å². The quantitative estimate of drug-likeness (QED) is 0.914. The topological polar surface area (TPSA) is 42.7 Å². The van der Waals surface area contributed by atoms with Crippen LogP contribution in [-0.2, 0) is 12.1 Å². The fourth-order valence-electron chi connectivity index (χ4n) is 1.53. The van der Waals surface area contributed by atoms with Crippen LogP contribution in [0.15, 0.2) is 28.9 Å². The number of rotatable bonds is 3. The van der Waals surface area contributed by atoms with Crippen molar-refractivity contribution in [1.29, 1.82) is 0 Å². The van der Waals surface area contributed by atoms with E-state index in [4.69, 9.17) is 11.6 Å². The van der Waals surface area contributed by atoms with Gasteiger partial charge >= 0.3 is 0 Å². The Kier molecular flexibility index (Phi) is 4.16. The Morgan fingerprint density at radius 2 is 2.11 bits per heavy atom. The molecule has 6 heteroatoms. The summed E-state index contributed by atoms with van der Waals surface area (Å²) in [6.45, 7) is 6.88. The lowest BCUT2D eigenvalue weighted by molar-refractivity contribution is 0.347. The van der Waals surface area contributed by atoms with E-state index in [2.05, 4.69) is 52.3 Å². The normalized spacial score (nSPS) is 11.6. The molecule has 0 amide bonds. The molecule has 0 fully saturated rings. The highest BCUT2D eigenvalue weighted by molar-refractivity contribution is 9.10. The van der Waals surface area contributed by atoms with Gasteiger partial charge in [0.2, 0.25) is 0 Å². The molecule has 19 heavy (non-hydrogen) atoms. The van der Waals surface area contributed by atoms with Crippen LogP contribution in [0, 0.1) is 0 Å². The number of hydrogen-bond donors (Lipinski definition) is 1. The van der Waals surface area contributed by atoms with Crippen LogP contribution in [0.25, 0.3) is 0 Å². The zero-order valence-corrected chi connectivity index (χ0v) is 13.5. The minimum absolute atomic E-state index is 0.0537. The van der Waals surface area contributed by atoms with Crippen molar-refractivity contribution in [3.05, 3.63) is 39.6 Å². The Morgan fingerprint density at radius 3 is 2.74 bits per heavy atom. The molecule has 0 aliphatic heterocycles. The molecule has 1 N–H and O–H groups in total. The lowest BCUT2D eigenvalue weighted by Gasteiger charge is -2.17. The molecular formula is C13H16BrClN4. The summed E-state index contributed by atoms with van der Waals surface area (Å²) >= 11 is 9.50. The first-order chi connectivity index (χ1) is 8.88. The molecule has 0 spiro atoms. The lowest BCUT2D eigenvalue weighted by Crippen LogP contribution is -2.22. The Bertz CT molecular complexity index is 574. The number of hydrogen-bond acceptors (Lipinski definition) is 3. The Hall–Kier alpha value is -1.07. The van der Waals surface area contributed by atoms with Crippen LogP contribution >= 0.6 is 27.5 Å². The zero-order valence-electron chi connectivity index (χ0n) is 11.1. The van der Waals surface area contributed by atoms with Gasteiger partial charge in [0.05, 0.1) is 33.5 Å². The van der Waals surface area contributed by atoms with Crippen molar-refractivity contribution in [2.45, 2.75) is 32.9 Å². The lowest BCUT2D eigenvalue weighted by atomic mass is 10.1. The second-order valence-electron chi connectivity index (χ2n) is 5.28. The van der Waals surface area contributed by atoms with Gasteiger partial charge in [0.15, 0.2) is 0 Å². The summed E-state index contributed by atoms with van der Waals surface area (Å²) in [6, 6.07) is 5.71. The van der Waals surface area contributed by atoms with Crippen molar-refractivity contribution in [3.63, 3.8) is 0 Å². The van der Waals surface area contributed by atoms with Crippen LogP contribution in [0.1, 0.15) is 26.5 Å². The maximum absolute atomic E-state index is 6.04. The second kappa shape index (κ2) is 5.51. The molecule has 0 aliphatic carbocycles. The fraction of sp³-hybridized carbons (Fsp3) is 0.385. The van der Waals surface area contributed by atoms with E-state index in [1.165, 1.54) is 0 Å². The van der Waals surface area contributed by atoms with E-state index in [0.717, 1.165) is 15.9 Å². The molecule has 0 aliphatic rings. The molecule has 2 rings (SSSR count). The maximum atomic E-state index is 6.04. The van der Waals surface area contributed by atoms with E-state index in [-0.39, 0.29) is 5.54 Å². The highest BCUT2D eigenvalue weighted by atomic mass is 79.9. The number of nitrogens with one attached hydrogen (secondary N) is 1. The van der Waals surface area contributed by atoms with E-state index in [0.29, 0.717) is 11.6 Å². The summed E-state index contributed by atoms with van der Waals surface area (Å²) in [4.78, 5) is 0. The third-order valence-electron chi connectivity index (χ3n) is 2.64. The predicted molar refractivity (Wildman–Crippen MR) is 81.5 cm³/mol. The molecule has 4 nitrogen and oxygen atoms in total. The summed E-state index contributed by atoms with van der Waals surface area (Å²) in [6.07, 6.45) is 1.95. The maximum Gasteiger partial charge on any atom is 0.102 e. The van der Waals surface area contributed by atoms with Crippen molar-refractivity contribution in [1.82, 2.24) is 15.0 Å². The van der Waals surface area contributed by atoms with Crippen LogP contribution in [0.5, 0.6) is 0 Å². The van der Waals surface area contributed by atoms with Crippen LogP contribution in [-0.4, -0.2) is 15.0 Å². The second-order valence-corrected chi connectivity index (χ2v) is 6.48. The third-order valence-corrected chi connectivity index (χ3v) is 4.04. The SMILES string of the molecule is CC(C)(C)n1cc(CNc2cccc(Cl)c2Br)nn1. The average Bonchev–Trinajstić information content (AvgIpc) is 2.79. The van der Waals surface area contributed by atoms with Gasteiger partial charge in [-0.15, -0.1) is 5.10 Å². The standard InChI is InChI=1S/C13H16BrClN4/c1-13(2,3)19-8-9(17-18-19)7-16-11-6-4-5-10(15)12(11)14/h4-6,8,16H,7H2,1-3H3. The van der Waals surface area contributed by atoms with E-state index in [1.807, 2.05) is 29.1 Å². The Balaban J connectivity index is 2.07. The molecule has 0 saturated carbocycles. The van der Waals surface area contributed by atoms with Gasteiger partial charge in [-0.1, -0.05) is 22.9 Å². The molecule has 0 atom stereocenters. The van der Waals surface area contributed by atoms with Gasteiger partial charge in [0.25, 0.3) is 0 Å². The van der Waals surface area contributed by atoms with Crippen molar-refractivity contribution in [2.75, 3.05) is 5.32 Å². The zero-order chi connectivity index (χ0) is 14.0. The first-order valence-electron chi connectivity index (χ1n) is 5.97. The minimum Gasteiger partial charge on any atom is -0.378 e. The molecular weight excluding hydrogens is 328 g/mol. The van der Waals surface area contributed by atoms with Crippen LogP contribution < -0.4 is 5.32 Å². The number of halogens is 2. The molecule has 0 saturated heterocycles. The van der Waals surface area contributed by atoms with Crippen LogP contribution in [0.4, 0.5) is 5.69 Å². The molecule has 0 radical (unpaired) electrons. The van der Waals surface area contributed by atoms with Gasteiger partial charge in [0.1, 0.15) is 5.69 Å². The van der Waals surface area contributed by atoms with Gasteiger partial charge in [-0.2, -0.15) is 0 Å². The number of aromatic nitrogens is 3. The predicted octanol–water partition coefficient (Wildman–Crippen LogP) is 4.06. The van der Waals surface area contributed by atoms with Gasteiger partial charge in [-0.3, -0.25) is 0 Å². The fourth-order valence-corrected chi connectivity index (χ4v) is 2.11. The molecule has 1 aromatic carbocycles. The Labute approximate surface area is 126 Å². The highest BCUT2D eigenvalue weighted by Gasteiger charge is 2.15. The van der Waals surface area contributed by atoms with E-state index < -0.39 is 0 Å². The van der Waals surface area contributed by atoms with Gasteiger partial charge in [0, 0.05) is 0 Å². The average molecular weight is 344 g/mol. The molecule has 0 bridgehead atoms. The van der Waals surface area contributed by atoms with Crippen molar-refractivity contribution in [3.8, 4) is 0 Å². The molecule has 0 unspecified atom stereocenters. The summed E-state index contributed by atoms with van der Waals surface area (Å²) in [5, 5.41) is 12.3. The molecule has 102 valence electrons. The van der Waals surface area contributed by atoms with E-state index >= 15 is 0 Å². The summed E-state index contributed by atoms with van der Waals surface area (Å²) in [5.41, 5.74) is 1.78. The number of nitrogens with zero attached hydrogens (tertiary/aromatic N) is 3. The monoisotopic (exact) mass is 342 g/mol. The summed E-state index contributed by atoms with van der Waals surface area (Å²) < 4.78 is 2.72. The minimum atomic E-state index is -0.0537. The summed E-state index contributed by atoms with van der Waals surface area (Å²) in [5.74, 6) is 0. The van der Waals surface area contributed by atoms with Crippen LogP contribution in [0.3, 0.4) is 0 Å². The molecule has 1 aromatic heterocycles. The first-order valence-corrected chi connectivity index (χ1v) is 7.14. The smallest absolute Gasteiger partial charge is 0.102 e. The first kappa shape index (κ1) is 14.3. The summed E-state index contributed by atoms with van der Waals surface area (Å²) in [7, 11) is 0. The largest absolute Gasteiger partial charge is 0.378 e. The molecule has 1 heterocycles. The highest BCUT2D eigenvalue weighted by Crippen LogP contribution is 2.30. The number of benzene rings is 1. The van der Waals surface area contributed by atoms with E-state index in [9.17, 15) is 0 Å². The Morgan fingerprint density at radius 1 is 1.37 bits per heavy atom. The van der Waals surface area contributed by atoms with Gasteiger partial charge in [-0.25, -0.2) is 4.68 Å². The third kappa shape index (κ3) is 3.48. The van der Waals surface area contributed by atoms with Crippen molar-refractivity contribution >= 4 is 33.2 Å². The van der Waals surface area contributed by atoms with Crippen LogP contribution in [0.2, 0.25) is 5.02 Å².